The fourth-order valence-corrected chi connectivity index (χ4v) is 2.11. The average Bonchev–Trinajstić information content (AvgIpc) is 2.48. The lowest BCUT2D eigenvalue weighted by Crippen LogP contribution is -2.12. The van der Waals surface area contributed by atoms with Gasteiger partial charge in [-0.15, -0.1) is 0 Å². The zero-order valence-corrected chi connectivity index (χ0v) is 13.8. The molecule has 0 rings (SSSR count). The molecule has 0 aliphatic heterocycles. The molecule has 0 fully saturated rings. The van der Waals surface area contributed by atoms with Crippen LogP contribution in [0.5, 0.6) is 0 Å². The number of ether oxygens (including phenoxy) is 2. The minimum absolute atomic E-state index is 0.0163. The average molecular weight is 282 g/mol. The summed E-state index contributed by atoms with van der Waals surface area (Å²) in [6, 6.07) is 0. The monoisotopic (exact) mass is 282 g/mol. The maximum atomic E-state index is 5.17. The van der Waals surface area contributed by atoms with E-state index in [0.717, 1.165) is 6.42 Å². The van der Waals surface area contributed by atoms with Crippen molar-refractivity contribution >= 4 is 0 Å². The lowest BCUT2D eigenvalue weighted by molar-refractivity contribution is -0.107. The molecule has 2 heteroatoms. The van der Waals surface area contributed by atoms with E-state index in [0.29, 0.717) is 0 Å². The number of allylic oxidation sites excluding steroid dienone is 4. The second kappa shape index (κ2) is 16.5. The fraction of sp³-hybridized carbons (Fsp3) is 0.778. The molecule has 0 aliphatic carbocycles. The van der Waals surface area contributed by atoms with Gasteiger partial charge in [-0.05, 0) is 32.1 Å². The molecule has 0 unspecified atom stereocenters. The van der Waals surface area contributed by atoms with E-state index in [9.17, 15) is 0 Å². The van der Waals surface area contributed by atoms with Crippen LogP contribution in [0, 0.1) is 0 Å². The molecule has 0 bridgehead atoms. The number of hydrogen-bond donors (Lipinski definition) is 0. The van der Waals surface area contributed by atoms with E-state index in [1.54, 1.807) is 14.2 Å². The van der Waals surface area contributed by atoms with Crippen LogP contribution in [0.15, 0.2) is 24.3 Å². The third kappa shape index (κ3) is 13.8. The molecule has 118 valence electrons. The molecule has 0 aromatic heterocycles. The van der Waals surface area contributed by atoms with E-state index in [4.69, 9.17) is 9.47 Å². The minimum atomic E-state index is -0.0163. The summed E-state index contributed by atoms with van der Waals surface area (Å²) in [4.78, 5) is 0. The summed E-state index contributed by atoms with van der Waals surface area (Å²) in [5.41, 5.74) is 0. The second-order valence-corrected chi connectivity index (χ2v) is 5.24. The number of rotatable bonds is 14. The predicted octanol–water partition coefficient (Wildman–Crippen LogP) is 5.64. The first-order chi connectivity index (χ1) is 9.85. The molecule has 0 spiro atoms. The summed E-state index contributed by atoms with van der Waals surface area (Å²) in [6.45, 7) is 2.23. The molecule has 0 aromatic rings. The molecule has 0 amide bonds. The Balaban J connectivity index is 3.24. The van der Waals surface area contributed by atoms with Crippen LogP contribution in [0.25, 0.3) is 0 Å². The highest BCUT2D eigenvalue weighted by Gasteiger charge is 2.03. The van der Waals surface area contributed by atoms with E-state index < -0.39 is 0 Å². The smallest absolute Gasteiger partial charge is 0.156 e. The summed E-state index contributed by atoms with van der Waals surface area (Å²) in [5.74, 6) is 0. The molecular formula is C18H34O2. The Bertz CT molecular complexity index is 230. The van der Waals surface area contributed by atoms with Gasteiger partial charge in [-0.2, -0.15) is 0 Å². The maximum Gasteiger partial charge on any atom is 0.156 e. The first kappa shape index (κ1) is 19.4. The molecule has 0 heterocycles. The Kier molecular flexibility index (Phi) is 16.0. The van der Waals surface area contributed by atoms with Gasteiger partial charge in [0.2, 0.25) is 0 Å². The molecule has 0 radical (unpaired) electrons. The Morgan fingerprint density at radius 3 is 1.90 bits per heavy atom. The Morgan fingerprint density at radius 2 is 1.30 bits per heavy atom. The highest BCUT2D eigenvalue weighted by molar-refractivity contribution is 5.02. The van der Waals surface area contributed by atoms with Crippen molar-refractivity contribution in [2.45, 2.75) is 77.4 Å². The summed E-state index contributed by atoms with van der Waals surface area (Å²) >= 11 is 0. The minimum Gasteiger partial charge on any atom is -0.356 e. The van der Waals surface area contributed by atoms with Gasteiger partial charge in [0, 0.05) is 14.2 Å². The summed E-state index contributed by atoms with van der Waals surface area (Å²) in [7, 11) is 3.41. The first-order valence-corrected chi connectivity index (χ1v) is 8.22. The molecule has 0 aliphatic rings. The maximum absolute atomic E-state index is 5.17. The topological polar surface area (TPSA) is 18.5 Å². The van der Waals surface area contributed by atoms with Crippen LogP contribution < -0.4 is 0 Å². The van der Waals surface area contributed by atoms with E-state index in [2.05, 4.69) is 31.2 Å². The first-order valence-electron chi connectivity index (χ1n) is 8.22. The van der Waals surface area contributed by atoms with E-state index >= 15 is 0 Å². The zero-order chi connectivity index (χ0) is 14.9. The van der Waals surface area contributed by atoms with E-state index in [-0.39, 0.29) is 6.29 Å². The summed E-state index contributed by atoms with van der Waals surface area (Å²) in [5, 5.41) is 0. The summed E-state index contributed by atoms with van der Waals surface area (Å²) in [6.07, 6.45) is 21.4. The van der Waals surface area contributed by atoms with Crippen molar-refractivity contribution in [3.05, 3.63) is 24.3 Å². The van der Waals surface area contributed by atoms with Gasteiger partial charge >= 0.3 is 0 Å². The lowest BCUT2D eigenvalue weighted by atomic mass is 10.1. The van der Waals surface area contributed by atoms with Crippen molar-refractivity contribution < 1.29 is 9.47 Å². The number of hydrogen-bond acceptors (Lipinski definition) is 2. The molecular weight excluding hydrogens is 248 g/mol. The van der Waals surface area contributed by atoms with Crippen molar-refractivity contribution in [3.8, 4) is 0 Å². The van der Waals surface area contributed by atoms with Gasteiger partial charge in [0.05, 0.1) is 0 Å². The van der Waals surface area contributed by atoms with Gasteiger partial charge in [0.25, 0.3) is 0 Å². The van der Waals surface area contributed by atoms with Gasteiger partial charge in [-0.1, -0.05) is 63.3 Å². The van der Waals surface area contributed by atoms with Gasteiger partial charge in [-0.25, -0.2) is 0 Å². The number of unbranched alkanes of at least 4 members (excludes halogenated alkanes) is 7. The van der Waals surface area contributed by atoms with E-state index in [1.165, 1.54) is 57.8 Å². The molecule has 2 nitrogen and oxygen atoms in total. The van der Waals surface area contributed by atoms with Crippen molar-refractivity contribution in [2.75, 3.05) is 14.2 Å². The quantitative estimate of drug-likeness (QED) is 0.233. The molecule has 0 atom stereocenters. The molecule has 0 saturated carbocycles. The van der Waals surface area contributed by atoms with Crippen LogP contribution in [0.1, 0.15) is 71.1 Å². The van der Waals surface area contributed by atoms with E-state index in [1.807, 2.05) is 0 Å². The Labute approximate surface area is 126 Å². The van der Waals surface area contributed by atoms with Gasteiger partial charge in [0.1, 0.15) is 0 Å². The third-order valence-electron chi connectivity index (χ3n) is 3.44. The normalized spacial score (nSPS) is 12.2. The highest BCUT2D eigenvalue weighted by Crippen LogP contribution is 2.10. The SMILES string of the molecule is CCCC/C=C/C=C\CCCCCCCC(OC)OC. The van der Waals surface area contributed by atoms with Crippen LogP contribution in [-0.2, 0) is 9.47 Å². The van der Waals surface area contributed by atoms with Crippen LogP contribution in [0.4, 0.5) is 0 Å². The van der Waals surface area contributed by atoms with Crippen molar-refractivity contribution in [1.29, 1.82) is 0 Å². The summed E-state index contributed by atoms with van der Waals surface area (Å²) < 4.78 is 10.3. The lowest BCUT2D eigenvalue weighted by Gasteiger charge is -2.12. The molecule has 0 N–H and O–H groups in total. The van der Waals surface area contributed by atoms with Crippen LogP contribution in [-0.4, -0.2) is 20.5 Å². The highest BCUT2D eigenvalue weighted by atomic mass is 16.7. The van der Waals surface area contributed by atoms with Crippen molar-refractivity contribution in [2.24, 2.45) is 0 Å². The van der Waals surface area contributed by atoms with Crippen LogP contribution in [0.2, 0.25) is 0 Å². The molecule has 0 aromatic carbocycles. The van der Waals surface area contributed by atoms with Gasteiger partial charge < -0.3 is 9.47 Å². The van der Waals surface area contributed by atoms with Crippen LogP contribution >= 0.6 is 0 Å². The van der Waals surface area contributed by atoms with Gasteiger partial charge in [0.15, 0.2) is 6.29 Å². The number of methoxy groups -OCH3 is 2. The Morgan fingerprint density at radius 1 is 0.750 bits per heavy atom. The second-order valence-electron chi connectivity index (χ2n) is 5.24. The largest absolute Gasteiger partial charge is 0.356 e. The van der Waals surface area contributed by atoms with Crippen LogP contribution in [0.3, 0.4) is 0 Å². The zero-order valence-electron chi connectivity index (χ0n) is 13.8. The standard InChI is InChI=1S/C18H34O2/c1-4-5-6-7-8-9-10-11-12-13-14-15-16-17-18(19-2)20-3/h7-10,18H,4-6,11-17H2,1-3H3/b8-7+,10-9-. The molecule has 20 heavy (non-hydrogen) atoms. The Hall–Kier alpha value is -0.600. The van der Waals surface area contributed by atoms with Crippen molar-refractivity contribution in [1.82, 2.24) is 0 Å². The predicted molar refractivity (Wildman–Crippen MR) is 87.9 cm³/mol. The van der Waals surface area contributed by atoms with Crippen molar-refractivity contribution in [3.63, 3.8) is 0 Å². The fourth-order valence-electron chi connectivity index (χ4n) is 2.11. The van der Waals surface area contributed by atoms with Gasteiger partial charge in [-0.3, -0.25) is 0 Å². The third-order valence-corrected chi connectivity index (χ3v) is 3.44. The molecule has 0 saturated heterocycles.